The lowest BCUT2D eigenvalue weighted by atomic mass is 9.85. The van der Waals surface area contributed by atoms with Crippen LogP contribution in [-0.2, 0) is 4.79 Å². The molecular weight excluding hydrogens is 232 g/mol. The maximum Gasteiger partial charge on any atom is 0.317 e. The van der Waals surface area contributed by atoms with Crippen molar-refractivity contribution in [1.29, 1.82) is 0 Å². The summed E-state index contributed by atoms with van der Waals surface area (Å²) in [7, 11) is 0. The summed E-state index contributed by atoms with van der Waals surface area (Å²) >= 11 is 0. The summed E-state index contributed by atoms with van der Waals surface area (Å²) in [5, 5.41) is 11.3. The van der Waals surface area contributed by atoms with Crippen LogP contribution in [0.15, 0.2) is 0 Å². The van der Waals surface area contributed by atoms with Crippen LogP contribution in [0.4, 0.5) is 4.79 Å². The lowest BCUT2D eigenvalue weighted by Gasteiger charge is -2.23. The number of amides is 2. The van der Waals surface area contributed by atoms with E-state index in [1.54, 1.807) is 0 Å². The van der Waals surface area contributed by atoms with Gasteiger partial charge in [0.2, 0.25) is 0 Å². The number of aliphatic carboxylic acids is 1. The molecule has 1 saturated heterocycles. The normalized spacial score (nSPS) is 19.1. The molecule has 0 bridgehead atoms. The van der Waals surface area contributed by atoms with Crippen molar-refractivity contribution in [3.63, 3.8) is 0 Å². The molecule has 1 aliphatic rings. The largest absolute Gasteiger partial charge is 0.481 e. The molecule has 5 nitrogen and oxygen atoms in total. The van der Waals surface area contributed by atoms with Crippen LogP contribution in [0.3, 0.4) is 0 Å². The molecule has 0 aromatic rings. The molecule has 0 spiro atoms. The van der Waals surface area contributed by atoms with Crippen molar-refractivity contribution in [2.75, 3.05) is 19.6 Å². The second-order valence-electron chi connectivity index (χ2n) is 5.73. The van der Waals surface area contributed by atoms with Crippen molar-refractivity contribution in [3.8, 4) is 0 Å². The van der Waals surface area contributed by atoms with Gasteiger partial charge in [-0.25, -0.2) is 4.79 Å². The summed E-state index contributed by atoms with van der Waals surface area (Å²) in [6, 6.07) is -0.0573. The van der Waals surface area contributed by atoms with E-state index in [-0.39, 0.29) is 12.5 Å². The maximum absolute atomic E-state index is 11.9. The Labute approximate surface area is 109 Å². The first kappa shape index (κ1) is 14.8. The van der Waals surface area contributed by atoms with Crippen LogP contribution in [0, 0.1) is 5.41 Å². The van der Waals surface area contributed by atoms with E-state index in [0.29, 0.717) is 18.4 Å². The van der Waals surface area contributed by atoms with Gasteiger partial charge >= 0.3 is 12.0 Å². The van der Waals surface area contributed by atoms with Gasteiger partial charge < -0.3 is 15.3 Å². The molecule has 0 atom stereocenters. The summed E-state index contributed by atoms with van der Waals surface area (Å²) in [5.41, 5.74) is 0.318. The predicted octanol–water partition coefficient (Wildman–Crippen LogP) is 2.07. The number of carbonyl (C=O) groups excluding carboxylic acids is 1. The fourth-order valence-electron chi connectivity index (χ4n) is 2.17. The maximum atomic E-state index is 11.9. The second-order valence-corrected chi connectivity index (χ2v) is 5.73. The van der Waals surface area contributed by atoms with E-state index in [1.807, 2.05) is 4.90 Å². The monoisotopic (exact) mass is 256 g/mol. The number of carboxylic acids is 1. The molecular formula is C13H24N2O3. The molecule has 0 aromatic heterocycles. The summed E-state index contributed by atoms with van der Waals surface area (Å²) in [4.78, 5) is 24.1. The minimum Gasteiger partial charge on any atom is -0.481 e. The number of nitrogens with one attached hydrogen (secondary N) is 1. The van der Waals surface area contributed by atoms with Crippen LogP contribution in [0.2, 0.25) is 0 Å². The first-order valence-electron chi connectivity index (χ1n) is 6.65. The molecule has 104 valence electrons. The van der Waals surface area contributed by atoms with Crippen LogP contribution in [0.25, 0.3) is 0 Å². The number of hydrogen-bond donors (Lipinski definition) is 2. The van der Waals surface area contributed by atoms with Gasteiger partial charge in [0.05, 0.1) is 0 Å². The van der Waals surface area contributed by atoms with Crippen LogP contribution in [-0.4, -0.2) is 41.6 Å². The van der Waals surface area contributed by atoms with Crippen molar-refractivity contribution in [1.82, 2.24) is 10.2 Å². The second kappa shape index (κ2) is 6.61. The third-order valence-corrected chi connectivity index (χ3v) is 3.47. The molecule has 0 aliphatic carbocycles. The zero-order chi connectivity index (χ0) is 13.6. The van der Waals surface area contributed by atoms with E-state index in [4.69, 9.17) is 5.11 Å². The Morgan fingerprint density at radius 3 is 2.67 bits per heavy atom. The van der Waals surface area contributed by atoms with Gasteiger partial charge in [0.1, 0.15) is 0 Å². The molecule has 2 amide bonds. The van der Waals surface area contributed by atoms with Crippen molar-refractivity contribution >= 4 is 12.0 Å². The highest BCUT2D eigenvalue weighted by Gasteiger charge is 2.25. The summed E-state index contributed by atoms with van der Waals surface area (Å²) in [6.07, 6.45) is 3.80. The summed E-state index contributed by atoms with van der Waals surface area (Å²) < 4.78 is 0. The molecule has 0 radical (unpaired) electrons. The van der Waals surface area contributed by atoms with E-state index < -0.39 is 5.97 Å². The molecule has 18 heavy (non-hydrogen) atoms. The van der Waals surface area contributed by atoms with Crippen molar-refractivity contribution in [2.24, 2.45) is 5.41 Å². The van der Waals surface area contributed by atoms with Crippen molar-refractivity contribution in [3.05, 3.63) is 0 Å². The molecule has 0 saturated carbocycles. The Balaban J connectivity index is 2.27. The van der Waals surface area contributed by atoms with E-state index >= 15 is 0 Å². The van der Waals surface area contributed by atoms with Crippen molar-refractivity contribution in [2.45, 2.75) is 46.0 Å². The minimum atomic E-state index is -0.819. The third kappa shape index (κ3) is 5.38. The third-order valence-electron chi connectivity index (χ3n) is 3.47. The minimum absolute atomic E-state index is 0.0573. The number of carbonyl (C=O) groups is 2. The smallest absolute Gasteiger partial charge is 0.317 e. The van der Waals surface area contributed by atoms with Gasteiger partial charge in [-0.1, -0.05) is 13.8 Å². The molecule has 1 rings (SSSR count). The summed E-state index contributed by atoms with van der Waals surface area (Å²) in [6.45, 7) is 6.50. The Morgan fingerprint density at radius 1 is 1.28 bits per heavy atom. The molecule has 2 N–H and O–H groups in total. The van der Waals surface area contributed by atoms with Crippen LogP contribution in [0.5, 0.6) is 0 Å². The van der Waals surface area contributed by atoms with E-state index in [2.05, 4.69) is 19.2 Å². The topological polar surface area (TPSA) is 69.6 Å². The number of nitrogens with zero attached hydrogens (tertiary/aromatic N) is 1. The van der Waals surface area contributed by atoms with Gasteiger partial charge in [0.25, 0.3) is 0 Å². The molecule has 0 unspecified atom stereocenters. The van der Waals surface area contributed by atoms with E-state index in [9.17, 15) is 9.59 Å². The highest BCUT2D eigenvalue weighted by atomic mass is 16.4. The Hall–Kier alpha value is -1.26. The average molecular weight is 256 g/mol. The van der Waals surface area contributed by atoms with Gasteiger partial charge in [-0.2, -0.15) is 0 Å². The molecule has 1 heterocycles. The number of likely N-dealkylation sites (tertiary alicyclic amines) is 1. The number of hydrogen-bond acceptors (Lipinski definition) is 2. The van der Waals surface area contributed by atoms with Gasteiger partial charge in [-0.05, 0) is 31.1 Å². The molecule has 1 aliphatic heterocycles. The molecule has 5 heteroatoms. The molecule has 0 aromatic carbocycles. The summed E-state index contributed by atoms with van der Waals surface area (Å²) in [5.74, 6) is -0.819. The van der Waals surface area contributed by atoms with Gasteiger partial charge in [0.15, 0.2) is 0 Å². The van der Waals surface area contributed by atoms with Gasteiger partial charge in [0, 0.05) is 26.1 Å². The van der Waals surface area contributed by atoms with E-state index in [0.717, 1.165) is 32.4 Å². The molecule has 1 fully saturated rings. The van der Waals surface area contributed by atoms with Crippen LogP contribution in [0.1, 0.15) is 46.0 Å². The fourth-order valence-corrected chi connectivity index (χ4v) is 2.17. The quantitative estimate of drug-likeness (QED) is 0.756. The number of carboxylic acid groups (broad SMARTS) is 1. The van der Waals surface area contributed by atoms with Crippen molar-refractivity contribution < 1.29 is 14.7 Å². The lowest BCUT2D eigenvalue weighted by Crippen LogP contribution is -2.41. The van der Waals surface area contributed by atoms with E-state index in [1.165, 1.54) is 0 Å². The highest BCUT2D eigenvalue weighted by molar-refractivity contribution is 5.74. The Morgan fingerprint density at radius 2 is 2.00 bits per heavy atom. The number of rotatable bonds is 4. The first-order chi connectivity index (χ1) is 8.41. The van der Waals surface area contributed by atoms with Crippen LogP contribution < -0.4 is 5.32 Å². The zero-order valence-electron chi connectivity index (χ0n) is 11.4. The standard InChI is InChI=1S/C13H24N2O3/c1-13(2)6-4-9-15(10-7-13)12(18)14-8-3-5-11(16)17/h3-10H2,1-2H3,(H,14,18)(H,16,17). The lowest BCUT2D eigenvalue weighted by molar-refractivity contribution is -0.137. The first-order valence-corrected chi connectivity index (χ1v) is 6.65. The fraction of sp³-hybridized carbons (Fsp3) is 0.846. The van der Waals surface area contributed by atoms with Gasteiger partial charge in [-0.3, -0.25) is 4.79 Å². The average Bonchev–Trinajstić information content (AvgIpc) is 2.45. The Kier molecular flexibility index (Phi) is 5.44. The predicted molar refractivity (Wildman–Crippen MR) is 69.5 cm³/mol. The number of urea groups is 1. The van der Waals surface area contributed by atoms with Gasteiger partial charge in [-0.15, -0.1) is 0 Å². The van der Waals surface area contributed by atoms with Crippen LogP contribution >= 0.6 is 0 Å². The SMILES string of the molecule is CC1(C)CCCN(C(=O)NCCCC(=O)O)CC1. The zero-order valence-corrected chi connectivity index (χ0v) is 11.4. The Bertz CT molecular complexity index is 303. The highest BCUT2D eigenvalue weighted by Crippen LogP contribution is 2.29.